The van der Waals surface area contributed by atoms with Crippen LogP contribution in [-0.2, 0) is 11.3 Å². The summed E-state index contributed by atoms with van der Waals surface area (Å²) < 4.78 is 7.16. The SMILES string of the molecule is CCn1c(=O)[nH]c2cc(C(=O)OC)c(Br)cc2c1=S. The lowest BCUT2D eigenvalue weighted by Gasteiger charge is -2.08. The van der Waals surface area contributed by atoms with Gasteiger partial charge in [-0.1, -0.05) is 12.2 Å². The molecule has 7 heteroatoms. The van der Waals surface area contributed by atoms with E-state index >= 15 is 0 Å². The van der Waals surface area contributed by atoms with Gasteiger partial charge in [-0.05, 0) is 35.0 Å². The molecule has 0 bridgehead atoms. The second-order valence-corrected chi connectivity index (χ2v) is 5.09. The molecule has 100 valence electrons. The highest BCUT2D eigenvalue weighted by Gasteiger charge is 2.13. The number of hydrogen-bond acceptors (Lipinski definition) is 4. The number of nitrogens with one attached hydrogen (secondary N) is 1. The largest absolute Gasteiger partial charge is 0.465 e. The standard InChI is InChI=1S/C12H11BrN2O3S/c1-3-15-10(19)7-4-8(13)6(11(16)18-2)5-9(7)14-12(15)17/h4-5H,3H2,1-2H3,(H,14,17). The van der Waals surface area contributed by atoms with E-state index in [2.05, 4.69) is 25.7 Å². The smallest absolute Gasteiger partial charge is 0.339 e. The highest BCUT2D eigenvalue weighted by Crippen LogP contribution is 2.24. The number of hydrogen-bond donors (Lipinski definition) is 1. The molecule has 0 atom stereocenters. The highest BCUT2D eigenvalue weighted by molar-refractivity contribution is 9.10. The third-order valence-electron chi connectivity index (χ3n) is 2.79. The molecule has 0 aliphatic heterocycles. The van der Waals surface area contributed by atoms with Crippen LogP contribution in [-0.4, -0.2) is 22.6 Å². The van der Waals surface area contributed by atoms with E-state index in [9.17, 15) is 9.59 Å². The third-order valence-corrected chi connectivity index (χ3v) is 3.89. The van der Waals surface area contributed by atoms with Crippen molar-refractivity contribution >= 4 is 45.0 Å². The van der Waals surface area contributed by atoms with Gasteiger partial charge in [-0.25, -0.2) is 9.59 Å². The minimum atomic E-state index is -0.479. The van der Waals surface area contributed by atoms with Crippen molar-refractivity contribution in [1.29, 1.82) is 0 Å². The number of ether oxygens (including phenoxy) is 1. The van der Waals surface area contributed by atoms with Crippen LogP contribution in [0.3, 0.4) is 0 Å². The first-order chi connectivity index (χ1) is 8.99. The maximum atomic E-state index is 11.8. The number of esters is 1. The van der Waals surface area contributed by atoms with Crippen molar-refractivity contribution in [3.8, 4) is 0 Å². The molecule has 1 heterocycles. The molecule has 2 rings (SSSR count). The Morgan fingerprint density at radius 1 is 1.53 bits per heavy atom. The molecule has 1 N–H and O–H groups in total. The Balaban J connectivity index is 2.87. The molecule has 1 aromatic carbocycles. The van der Waals surface area contributed by atoms with Crippen molar-refractivity contribution in [3.05, 3.63) is 37.3 Å². The lowest BCUT2D eigenvalue weighted by atomic mass is 10.1. The summed E-state index contributed by atoms with van der Waals surface area (Å²) in [5.74, 6) is -0.479. The van der Waals surface area contributed by atoms with E-state index in [1.165, 1.54) is 11.7 Å². The first-order valence-corrected chi connectivity index (χ1v) is 6.74. The van der Waals surface area contributed by atoms with E-state index in [0.717, 1.165) is 0 Å². The van der Waals surface area contributed by atoms with Gasteiger partial charge in [0.1, 0.15) is 4.64 Å². The predicted octanol–water partition coefficient (Wildman–Crippen LogP) is 2.63. The zero-order valence-corrected chi connectivity index (χ0v) is 12.7. The fourth-order valence-electron chi connectivity index (χ4n) is 1.83. The Morgan fingerprint density at radius 2 is 2.21 bits per heavy atom. The van der Waals surface area contributed by atoms with Crippen molar-refractivity contribution in [2.45, 2.75) is 13.5 Å². The number of methoxy groups -OCH3 is 1. The second kappa shape index (κ2) is 5.26. The molecule has 0 aliphatic carbocycles. The van der Waals surface area contributed by atoms with Crippen LogP contribution < -0.4 is 5.69 Å². The Hall–Kier alpha value is -1.47. The van der Waals surface area contributed by atoms with Crippen molar-refractivity contribution in [1.82, 2.24) is 9.55 Å². The van der Waals surface area contributed by atoms with Crippen LogP contribution in [0.25, 0.3) is 10.9 Å². The Morgan fingerprint density at radius 3 is 2.79 bits per heavy atom. The molecular weight excluding hydrogens is 332 g/mol. The summed E-state index contributed by atoms with van der Waals surface area (Å²) in [4.78, 5) is 26.1. The topological polar surface area (TPSA) is 64.1 Å². The molecule has 0 unspecified atom stereocenters. The highest BCUT2D eigenvalue weighted by atomic mass is 79.9. The van der Waals surface area contributed by atoms with Gasteiger partial charge >= 0.3 is 11.7 Å². The molecular formula is C12H11BrN2O3S. The zero-order valence-electron chi connectivity index (χ0n) is 10.3. The number of carbonyl (C=O) groups is 1. The third kappa shape index (κ3) is 2.35. The molecule has 0 radical (unpaired) electrons. The maximum absolute atomic E-state index is 11.8. The van der Waals surface area contributed by atoms with Crippen LogP contribution in [0.15, 0.2) is 21.4 Å². The molecule has 0 saturated heterocycles. The van der Waals surface area contributed by atoms with Crippen LogP contribution in [0.2, 0.25) is 0 Å². The maximum Gasteiger partial charge on any atom is 0.339 e. The molecule has 1 aromatic heterocycles. The number of aromatic nitrogens is 2. The summed E-state index contributed by atoms with van der Waals surface area (Å²) in [6, 6.07) is 3.27. The van der Waals surface area contributed by atoms with Crippen LogP contribution in [0.1, 0.15) is 17.3 Å². The lowest BCUT2D eigenvalue weighted by molar-refractivity contribution is 0.0600. The van der Waals surface area contributed by atoms with Gasteiger partial charge in [0.2, 0.25) is 0 Å². The molecule has 19 heavy (non-hydrogen) atoms. The normalized spacial score (nSPS) is 10.7. The molecule has 5 nitrogen and oxygen atoms in total. The first-order valence-electron chi connectivity index (χ1n) is 5.54. The van der Waals surface area contributed by atoms with Crippen LogP contribution in [0.4, 0.5) is 0 Å². The number of H-pyrrole nitrogens is 1. The Kier molecular flexibility index (Phi) is 3.86. The molecule has 0 spiro atoms. The van der Waals surface area contributed by atoms with Gasteiger partial charge in [-0.15, -0.1) is 0 Å². The fraction of sp³-hybridized carbons (Fsp3) is 0.250. The number of halogens is 1. The minimum Gasteiger partial charge on any atom is -0.465 e. The fourth-order valence-corrected chi connectivity index (χ4v) is 2.71. The first kappa shape index (κ1) is 14.0. The summed E-state index contributed by atoms with van der Waals surface area (Å²) in [5, 5.41) is 0.705. The number of fused-ring (bicyclic) bond motifs is 1. The Labute approximate surface area is 122 Å². The van der Waals surface area contributed by atoms with Gasteiger partial charge in [0.05, 0.1) is 18.2 Å². The number of aromatic amines is 1. The molecule has 0 aliphatic rings. The summed E-state index contributed by atoms with van der Waals surface area (Å²) in [5.41, 5.74) is 0.565. The van der Waals surface area contributed by atoms with Crippen LogP contribution in [0.5, 0.6) is 0 Å². The van der Waals surface area contributed by atoms with E-state index < -0.39 is 5.97 Å². The minimum absolute atomic E-state index is 0.293. The predicted molar refractivity (Wildman–Crippen MR) is 78.1 cm³/mol. The summed E-state index contributed by atoms with van der Waals surface area (Å²) in [7, 11) is 1.30. The van der Waals surface area contributed by atoms with Crippen molar-refractivity contribution in [3.63, 3.8) is 0 Å². The van der Waals surface area contributed by atoms with Gasteiger partial charge in [0.15, 0.2) is 0 Å². The zero-order chi connectivity index (χ0) is 14.2. The van der Waals surface area contributed by atoms with E-state index in [4.69, 9.17) is 12.2 Å². The van der Waals surface area contributed by atoms with Crippen LogP contribution in [0, 0.1) is 4.64 Å². The van der Waals surface area contributed by atoms with Gasteiger partial charge < -0.3 is 9.72 Å². The van der Waals surface area contributed by atoms with E-state index in [-0.39, 0.29) is 5.69 Å². The average Bonchev–Trinajstić information content (AvgIpc) is 2.39. The number of nitrogens with zero attached hydrogens (tertiary/aromatic N) is 1. The number of rotatable bonds is 2. The van der Waals surface area contributed by atoms with Gasteiger partial charge in [0.25, 0.3) is 0 Å². The molecule has 2 aromatic rings. The summed E-state index contributed by atoms with van der Waals surface area (Å²) >= 11 is 8.59. The van der Waals surface area contributed by atoms with Gasteiger partial charge in [0, 0.05) is 16.4 Å². The van der Waals surface area contributed by atoms with Crippen molar-refractivity contribution < 1.29 is 9.53 Å². The van der Waals surface area contributed by atoms with Gasteiger partial charge in [-0.2, -0.15) is 0 Å². The Bertz CT molecular complexity index is 779. The number of carbonyl (C=O) groups excluding carboxylic acids is 1. The van der Waals surface area contributed by atoms with Gasteiger partial charge in [-0.3, -0.25) is 4.57 Å². The number of benzene rings is 1. The van der Waals surface area contributed by atoms with Crippen molar-refractivity contribution in [2.75, 3.05) is 7.11 Å². The summed E-state index contributed by atoms with van der Waals surface area (Å²) in [6.45, 7) is 2.33. The molecule has 0 saturated carbocycles. The monoisotopic (exact) mass is 342 g/mol. The summed E-state index contributed by atoms with van der Waals surface area (Å²) in [6.07, 6.45) is 0. The lowest BCUT2D eigenvalue weighted by Crippen LogP contribution is -2.23. The van der Waals surface area contributed by atoms with E-state index in [1.54, 1.807) is 12.1 Å². The average molecular weight is 343 g/mol. The van der Waals surface area contributed by atoms with E-state index in [1.807, 2.05) is 6.92 Å². The molecule has 0 fully saturated rings. The molecule has 0 amide bonds. The quantitative estimate of drug-likeness (QED) is 0.673. The second-order valence-electron chi connectivity index (χ2n) is 3.85. The van der Waals surface area contributed by atoms with Crippen LogP contribution >= 0.6 is 28.1 Å². The van der Waals surface area contributed by atoms with Crippen molar-refractivity contribution in [2.24, 2.45) is 0 Å². The van der Waals surface area contributed by atoms with E-state index in [0.29, 0.717) is 32.1 Å².